The Balaban J connectivity index is 1.78. The fourth-order valence-electron chi connectivity index (χ4n) is 2.46. The quantitative estimate of drug-likeness (QED) is 0.870. The SMILES string of the molecule is CCc1nc(CNC2CCCC(C)C2)cs1. The first-order valence-corrected chi connectivity index (χ1v) is 7.32. The molecule has 2 atom stereocenters. The Labute approximate surface area is 102 Å². The zero-order chi connectivity index (χ0) is 11.4. The molecule has 1 heterocycles. The maximum Gasteiger partial charge on any atom is 0.0926 e. The minimum absolute atomic E-state index is 0.718. The third-order valence-corrected chi connectivity index (χ3v) is 4.45. The van der Waals surface area contributed by atoms with Crippen LogP contribution in [0.4, 0.5) is 0 Å². The molecule has 0 aromatic carbocycles. The molecule has 0 bridgehead atoms. The summed E-state index contributed by atoms with van der Waals surface area (Å²) in [4.78, 5) is 4.59. The lowest BCUT2D eigenvalue weighted by Gasteiger charge is -2.27. The second-order valence-electron chi connectivity index (χ2n) is 4.94. The van der Waals surface area contributed by atoms with Gasteiger partial charge in [0.2, 0.25) is 0 Å². The van der Waals surface area contributed by atoms with Crippen LogP contribution in [0.2, 0.25) is 0 Å². The minimum Gasteiger partial charge on any atom is -0.308 e. The Hall–Kier alpha value is -0.410. The molecule has 3 heteroatoms. The zero-order valence-corrected chi connectivity index (χ0v) is 11.1. The van der Waals surface area contributed by atoms with Crippen LogP contribution in [-0.4, -0.2) is 11.0 Å². The van der Waals surface area contributed by atoms with Crippen LogP contribution < -0.4 is 5.32 Å². The minimum atomic E-state index is 0.718. The van der Waals surface area contributed by atoms with Crippen LogP contribution in [0.3, 0.4) is 0 Å². The highest BCUT2D eigenvalue weighted by molar-refractivity contribution is 7.09. The predicted molar refractivity (Wildman–Crippen MR) is 69.8 cm³/mol. The van der Waals surface area contributed by atoms with Crippen LogP contribution in [0.1, 0.15) is 50.2 Å². The monoisotopic (exact) mass is 238 g/mol. The average Bonchev–Trinajstić information content (AvgIpc) is 2.74. The van der Waals surface area contributed by atoms with E-state index >= 15 is 0 Å². The van der Waals surface area contributed by atoms with Crippen molar-refractivity contribution in [3.05, 3.63) is 16.1 Å². The lowest BCUT2D eigenvalue weighted by Crippen LogP contribution is -2.33. The number of aryl methyl sites for hydroxylation is 1. The highest BCUT2D eigenvalue weighted by atomic mass is 32.1. The second kappa shape index (κ2) is 5.78. The number of hydrogen-bond donors (Lipinski definition) is 1. The molecule has 1 aromatic rings. The number of thiazole rings is 1. The van der Waals surface area contributed by atoms with E-state index < -0.39 is 0 Å². The molecule has 0 radical (unpaired) electrons. The average molecular weight is 238 g/mol. The van der Waals surface area contributed by atoms with Gasteiger partial charge in [0.1, 0.15) is 0 Å². The largest absolute Gasteiger partial charge is 0.308 e. The summed E-state index contributed by atoms with van der Waals surface area (Å²) in [6, 6.07) is 0.718. The van der Waals surface area contributed by atoms with Crippen molar-refractivity contribution in [1.29, 1.82) is 0 Å². The molecule has 1 N–H and O–H groups in total. The molecule has 1 aliphatic carbocycles. The fraction of sp³-hybridized carbons (Fsp3) is 0.769. The predicted octanol–water partition coefficient (Wildman–Crippen LogP) is 3.37. The van der Waals surface area contributed by atoms with E-state index in [1.807, 2.05) is 0 Å². The van der Waals surface area contributed by atoms with Gasteiger partial charge in [-0.1, -0.05) is 26.7 Å². The molecule has 0 aliphatic heterocycles. The topological polar surface area (TPSA) is 24.9 Å². The van der Waals surface area contributed by atoms with Gasteiger partial charge in [-0.05, 0) is 25.2 Å². The van der Waals surface area contributed by atoms with E-state index in [0.29, 0.717) is 0 Å². The maximum atomic E-state index is 4.59. The van der Waals surface area contributed by atoms with Crippen molar-refractivity contribution >= 4 is 11.3 Å². The van der Waals surface area contributed by atoms with E-state index in [0.717, 1.165) is 24.9 Å². The van der Waals surface area contributed by atoms with E-state index in [1.165, 1.54) is 36.4 Å². The summed E-state index contributed by atoms with van der Waals surface area (Å²) in [7, 11) is 0. The first-order chi connectivity index (χ1) is 7.78. The summed E-state index contributed by atoms with van der Waals surface area (Å²) >= 11 is 1.79. The summed E-state index contributed by atoms with van der Waals surface area (Å²) in [5, 5.41) is 7.10. The van der Waals surface area contributed by atoms with Crippen molar-refractivity contribution in [2.24, 2.45) is 5.92 Å². The highest BCUT2D eigenvalue weighted by Gasteiger charge is 2.18. The van der Waals surface area contributed by atoms with Crippen LogP contribution in [0.5, 0.6) is 0 Å². The molecule has 1 aliphatic rings. The molecule has 1 fully saturated rings. The summed E-state index contributed by atoms with van der Waals surface area (Å²) in [6.45, 7) is 5.48. The molecule has 0 saturated heterocycles. The molecule has 0 amide bonds. The third kappa shape index (κ3) is 3.29. The van der Waals surface area contributed by atoms with Crippen LogP contribution in [-0.2, 0) is 13.0 Å². The number of nitrogens with zero attached hydrogens (tertiary/aromatic N) is 1. The molecule has 1 aromatic heterocycles. The molecule has 2 unspecified atom stereocenters. The van der Waals surface area contributed by atoms with Gasteiger partial charge in [0, 0.05) is 18.0 Å². The third-order valence-electron chi connectivity index (χ3n) is 3.41. The van der Waals surface area contributed by atoms with E-state index in [1.54, 1.807) is 11.3 Å². The van der Waals surface area contributed by atoms with Crippen molar-refractivity contribution in [3.63, 3.8) is 0 Å². The lowest BCUT2D eigenvalue weighted by atomic mass is 9.87. The fourth-order valence-corrected chi connectivity index (χ4v) is 3.21. The zero-order valence-electron chi connectivity index (χ0n) is 10.3. The summed E-state index contributed by atoms with van der Waals surface area (Å²) in [6.07, 6.45) is 6.54. The summed E-state index contributed by atoms with van der Waals surface area (Å²) in [5.41, 5.74) is 1.22. The van der Waals surface area contributed by atoms with Gasteiger partial charge in [-0.2, -0.15) is 0 Å². The second-order valence-corrected chi connectivity index (χ2v) is 5.88. The number of hydrogen-bond acceptors (Lipinski definition) is 3. The van der Waals surface area contributed by atoms with Crippen LogP contribution >= 0.6 is 11.3 Å². The van der Waals surface area contributed by atoms with Gasteiger partial charge in [-0.15, -0.1) is 11.3 Å². The number of rotatable bonds is 4. The van der Waals surface area contributed by atoms with Gasteiger partial charge >= 0.3 is 0 Å². The van der Waals surface area contributed by atoms with Crippen molar-refractivity contribution in [1.82, 2.24) is 10.3 Å². The normalized spacial score (nSPS) is 25.9. The van der Waals surface area contributed by atoms with E-state index in [9.17, 15) is 0 Å². The van der Waals surface area contributed by atoms with Crippen LogP contribution in [0.15, 0.2) is 5.38 Å². The Morgan fingerprint density at radius 3 is 3.06 bits per heavy atom. The standard InChI is InChI=1S/C13H22N2S/c1-3-13-15-12(9-16-13)8-14-11-6-4-5-10(2)7-11/h9-11,14H,3-8H2,1-2H3. The van der Waals surface area contributed by atoms with Gasteiger partial charge in [-0.3, -0.25) is 0 Å². The van der Waals surface area contributed by atoms with Crippen LogP contribution in [0, 0.1) is 5.92 Å². The molecular formula is C13H22N2S. The molecule has 1 saturated carbocycles. The van der Waals surface area contributed by atoms with Gasteiger partial charge in [0.15, 0.2) is 0 Å². The van der Waals surface area contributed by atoms with Gasteiger partial charge in [-0.25, -0.2) is 4.98 Å². The molecule has 2 rings (SSSR count). The highest BCUT2D eigenvalue weighted by Crippen LogP contribution is 2.23. The van der Waals surface area contributed by atoms with E-state index in [2.05, 4.69) is 29.5 Å². The molecule has 16 heavy (non-hydrogen) atoms. The smallest absolute Gasteiger partial charge is 0.0926 e. The Morgan fingerprint density at radius 2 is 2.38 bits per heavy atom. The van der Waals surface area contributed by atoms with Crippen molar-refractivity contribution < 1.29 is 0 Å². The summed E-state index contributed by atoms with van der Waals surface area (Å²) in [5.74, 6) is 0.896. The van der Waals surface area contributed by atoms with Crippen molar-refractivity contribution in [3.8, 4) is 0 Å². The molecule has 90 valence electrons. The van der Waals surface area contributed by atoms with Crippen LogP contribution in [0.25, 0.3) is 0 Å². The first-order valence-electron chi connectivity index (χ1n) is 6.44. The van der Waals surface area contributed by atoms with Gasteiger partial charge in [0.25, 0.3) is 0 Å². The molecular weight excluding hydrogens is 216 g/mol. The van der Waals surface area contributed by atoms with Gasteiger partial charge in [0.05, 0.1) is 10.7 Å². The van der Waals surface area contributed by atoms with Gasteiger partial charge < -0.3 is 5.32 Å². The Bertz CT molecular complexity index is 321. The summed E-state index contributed by atoms with van der Waals surface area (Å²) < 4.78 is 0. The number of nitrogens with one attached hydrogen (secondary N) is 1. The van der Waals surface area contributed by atoms with E-state index in [4.69, 9.17) is 0 Å². The van der Waals surface area contributed by atoms with Crippen molar-refractivity contribution in [2.45, 2.75) is 58.5 Å². The number of aromatic nitrogens is 1. The van der Waals surface area contributed by atoms with E-state index in [-0.39, 0.29) is 0 Å². The first kappa shape index (κ1) is 12.1. The lowest BCUT2D eigenvalue weighted by molar-refractivity contribution is 0.300. The van der Waals surface area contributed by atoms with Crippen molar-refractivity contribution in [2.75, 3.05) is 0 Å². The Kier molecular flexibility index (Phi) is 4.36. The molecule has 2 nitrogen and oxygen atoms in total. The molecule has 0 spiro atoms. The Morgan fingerprint density at radius 1 is 1.50 bits per heavy atom. The maximum absolute atomic E-state index is 4.59.